The average molecular weight is 750 g/mol. The average Bonchev–Trinajstić information content (AvgIpc) is 3.60. The quantitative estimate of drug-likeness (QED) is 0.110. The number of hydrogen-bond acceptors (Lipinski definition) is 16. The van der Waals surface area contributed by atoms with Crippen molar-refractivity contribution in [3.63, 3.8) is 0 Å². The van der Waals surface area contributed by atoms with Gasteiger partial charge < -0.3 is 47.9 Å². The third kappa shape index (κ3) is 10.0. The van der Waals surface area contributed by atoms with Gasteiger partial charge in [0.05, 0.1) is 23.3 Å². The van der Waals surface area contributed by atoms with Gasteiger partial charge in [0.1, 0.15) is 18.8 Å². The largest absolute Gasteiger partial charge is 0.471 e. The van der Waals surface area contributed by atoms with Gasteiger partial charge in [-0.15, -0.1) is 0 Å². The summed E-state index contributed by atoms with van der Waals surface area (Å²) < 4.78 is 51.4. The molecule has 10 atom stereocenters. The number of nitrogens with one attached hydrogen (secondary N) is 1. The molecule has 1 unspecified atom stereocenters. The van der Waals surface area contributed by atoms with Gasteiger partial charge >= 0.3 is 35.8 Å². The highest BCUT2D eigenvalue weighted by atomic mass is 16.8. The van der Waals surface area contributed by atoms with E-state index in [-0.39, 0.29) is 11.1 Å². The number of rotatable bonds is 15. The molecule has 0 bridgehead atoms. The molecule has 17 heteroatoms. The van der Waals surface area contributed by atoms with Gasteiger partial charge in [0, 0.05) is 47.1 Å². The van der Waals surface area contributed by atoms with Crippen LogP contribution in [0.25, 0.3) is 0 Å². The zero-order chi connectivity index (χ0) is 39.0. The van der Waals surface area contributed by atoms with E-state index < -0.39 is 109 Å². The fourth-order valence-electron chi connectivity index (χ4n) is 6.75. The number of unbranched alkanes of at least 4 members (excludes halogenated alkanes) is 3. The fourth-order valence-corrected chi connectivity index (χ4v) is 6.75. The summed E-state index contributed by atoms with van der Waals surface area (Å²) >= 11 is 0. The monoisotopic (exact) mass is 749 g/mol. The summed E-state index contributed by atoms with van der Waals surface area (Å²) in [5, 5.41) is 2.90. The molecule has 4 rings (SSSR count). The molecule has 0 radical (unpaired) electrons. The predicted molar refractivity (Wildman–Crippen MR) is 177 cm³/mol. The highest BCUT2D eigenvalue weighted by Gasteiger charge is 2.61. The topological polar surface area (TPSA) is 215 Å². The third-order valence-corrected chi connectivity index (χ3v) is 8.91. The SMILES string of the molecule is CCCCCCNC(=O)C1=CO[C@H](O[C@@H]2O[C@H](COC(C)=O)[C@@H](OC(C)=O)[C@H](OC(C)=O)[C@H]2OC(C)=O)[C@H]2[C@@H]1C=CC21C=C([C@H](C)OC(C)=O)C(=O)O1. The van der Waals surface area contributed by atoms with E-state index in [0.717, 1.165) is 53.4 Å². The van der Waals surface area contributed by atoms with Gasteiger partial charge in [0.25, 0.3) is 5.91 Å². The highest BCUT2D eigenvalue weighted by molar-refractivity contribution is 5.96. The molecule has 3 aliphatic heterocycles. The number of amides is 1. The molecule has 0 aromatic heterocycles. The molecule has 17 nitrogen and oxygen atoms in total. The van der Waals surface area contributed by atoms with E-state index in [9.17, 15) is 33.6 Å². The molecule has 1 amide bonds. The van der Waals surface area contributed by atoms with Crippen LogP contribution in [0.3, 0.4) is 0 Å². The van der Waals surface area contributed by atoms with Crippen LogP contribution >= 0.6 is 0 Å². The van der Waals surface area contributed by atoms with Gasteiger partial charge in [-0.2, -0.15) is 0 Å². The number of esters is 6. The first-order valence-electron chi connectivity index (χ1n) is 17.5. The van der Waals surface area contributed by atoms with Crippen LogP contribution in [0.2, 0.25) is 0 Å². The molecule has 0 saturated carbocycles. The Hall–Kier alpha value is -4.77. The third-order valence-electron chi connectivity index (χ3n) is 8.91. The van der Waals surface area contributed by atoms with E-state index >= 15 is 0 Å². The first kappa shape index (κ1) is 41.0. The van der Waals surface area contributed by atoms with Crippen molar-refractivity contribution in [2.24, 2.45) is 11.8 Å². The summed E-state index contributed by atoms with van der Waals surface area (Å²) in [7, 11) is 0. The van der Waals surface area contributed by atoms with Gasteiger partial charge in [-0.3, -0.25) is 28.8 Å². The molecule has 3 heterocycles. The highest BCUT2D eigenvalue weighted by Crippen LogP contribution is 2.51. The molecule has 1 spiro atoms. The van der Waals surface area contributed by atoms with Crippen LogP contribution in [0, 0.1) is 11.8 Å². The van der Waals surface area contributed by atoms with Crippen molar-refractivity contribution in [1.29, 1.82) is 0 Å². The lowest BCUT2D eigenvalue weighted by Crippen LogP contribution is -2.64. The molecule has 292 valence electrons. The van der Waals surface area contributed by atoms with E-state index in [1.54, 1.807) is 12.2 Å². The van der Waals surface area contributed by atoms with E-state index in [4.69, 9.17) is 42.6 Å². The van der Waals surface area contributed by atoms with Crippen LogP contribution < -0.4 is 5.32 Å². The Bertz CT molecular complexity index is 1530. The normalized spacial score (nSPS) is 30.4. The minimum atomic E-state index is -1.65. The lowest BCUT2D eigenvalue weighted by molar-refractivity contribution is -0.347. The van der Waals surface area contributed by atoms with Crippen molar-refractivity contribution in [3.8, 4) is 0 Å². The van der Waals surface area contributed by atoms with Gasteiger partial charge in [-0.1, -0.05) is 32.3 Å². The molecule has 53 heavy (non-hydrogen) atoms. The first-order chi connectivity index (χ1) is 25.1. The summed E-state index contributed by atoms with van der Waals surface area (Å²) in [4.78, 5) is 87.3. The minimum absolute atomic E-state index is 0.0352. The van der Waals surface area contributed by atoms with Crippen LogP contribution in [-0.2, 0) is 76.2 Å². The Balaban J connectivity index is 1.75. The number of allylic oxidation sites excluding steroid dienone is 1. The maximum Gasteiger partial charge on any atom is 0.338 e. The Morgan fingerprint density at radius 1 is 0.849 bits per heavy atom. The van der Waals surface area contributed by atoms with Crippen LogP contribution in [0.5, 0.6) is 0 Å². The van der Waals surface area contributed by atoms with E-state index in [0.29, 0.717) is 6.54 Å². The number of ether oxygens (including phenoxy) is 9. The maximum atomic E-state index is 13.5. The number of carbonyl (C=O) groups is 7. The van der Waals surface area contributed by atoms with Crippen LogP contribution in [0.4, 0.5) is 0 Å². The Kier molecular flexibility index (Phi) is 13.8. The predicted octanol–water partition coefficient (Wildman–Crippen LogP) is 2.00. The second-order valence-electron chi connectivity index (χ2n) is 13.1. The van der Waals surface area contributed by atoms with Crippen LogP contribution in [0.1, 0.15) is 74.1 Å². The molecule has 1 saturated heterocycles. The second kappa shape index (κ2) is 17.8. The Morgan fingerprint density at radius 2 is 1.51 bits per heavy atom. The molecule has 1 aliphatic carbocycles. The first-order valence-corrected chi connectivity index (χ1v) is 17.5. The number of carbonyl (C=O) groups excluding carboxylic acids is 7. The minimum Gasteiger partial charge on any atom is -0.471 e. The van der Waals surface area contributed by atoms with Crippen molar-refractivity contribution in [1.82, 2.24) is 5.32 Å². The molecular weight excluding hydrogens is 702 g/mol. The Morgan fingerprint density at radius 3 is 2.13 bits per heavy atom. The van der Waals surface area contributed by atoms with E-state index in [1.165, 1.54) is 26.2 Å². The van der Waals surface area contributed by atoms with E-state index in [2.05, 4.69) is 12.2 Å². The smallest absolute Gasteiger partial charge is 0.338 e. The number of fused-ring (bicyclic) bond motifs is 2. The van der Waals surface area contributed by atoms with Gasteiger partial charge in [-0.05, 0) is 25.5 Å². The van der Waals surface area contributed by atoms with Gasteiger partial charge in [0.15, 0.2) is 23.9 Å². The molecular formula is C36H47NO16. The van der Waals surface area contributed by atoms with Gasteiger partial charge in [0.2, 0.25) is 12.6 Å². The van der Waals surface area contributed by atoms with Crippen molar-refractivity contribution in [2.45, 2.75) is 123 Å². The standard InChI is InChI=1S/C36H47NO16/c1-8-9-10-11-14-37-32(43)26-16-46-34(28-24(26)12-13-36(28)15-25(33(44)53-36)18(2)47-20(4)39)52-35-31(50-23(7)42)30(49-22(6)41)29(48-21(5)40)27(51-35)17-45-19(3)38/h12-13,15-16,18,24,27-31,34-35H,8-11,14,17H2,1-7H3,(H,37,43)/t18-,24+,27+,28+,29+,30-,31+,34+,35-,36?/m0/s1. The summed E-state index contributed by atoms with van der Waals surface area (Å²) in [6, 6.07) is 0. The summed E-state index contributed by atoms with van der Waals surface area (Å²) in [6.45, 7) is 9.09. The summed E-state index contributed by atoms with van der Waals surface area (Å²) in [5.74, 6) is -6.83. The van der Waals surface area contributed by atoms with Crippen LogP contribution in [0.15, 0.2) is 35.6 Å². The maximum absolute atomic E-state index is 13.5. The molecule has 0 aromatic rings. The lowest BCUT2D eigenvalue weighted by atomic mass is 9.78. The lowest BCUT2D eigenvalue weighted by Gasteiger charge is -2.46. The summed E-state index contributed by atoms with van der Waals surface area (Å²) in [6.07, 6.45) is -0.270. The van der Waals surface area contributed by atoms with Crippen molar-refractivity contribution < 1.29 is 76.2 Å². The molecule has 1 fully saturated rings. The fraction of sp³-hybridized carbons (Fsp3) is 0.639. The molecule has 4 aliphatic rings. The Labute approximate surface area is 306 Å². The van der Waals surface area contributed by atoms with Gasteiger partial charge in [-0.25, -0.2) is 4.79 Å². The second-order valence-corrected chi connectivity index (χ2v) is 13.1. The zero-order valence-corrected chi connectivity index (χ0v) is 30.8. The molecule has 0 aromatic carbocycles. The van der Waals surface area contributed by atoms with E-state index in [1.807, 2.05) is 0 Å². The number of hydrogen-bond donors (Lipinski definition) is 1. The van der Waals surface area contributed by atoms with Crippen molar-refractivity contribution in [3.05, 3.63) is 35.6 Å². The van der Waals surface area contributed by atoms with Crippen molar-refractivity contribution in [2.75, 3.05) is 13.2 Å². The van der Waals surface area contributed by atoms with Crippen LogP contribution in [-0.4, -0.2) is 104 Å². The zero-order valence-electron chi connectivity index (χ0n) is 30.8. The molecule has 1 N–H and O–H groups in total. The van der Waals surface area contributed by atoms with Crippen molar-refractivity contribution >= 4 is 41.7 Å². The summed E-state index contributed by atoms with van der Waals surface area (Å²) in [5.41, 5.74) is -1.35.